The molecule has 0 saturated heterocycles. The first kappa shape index (κ1) is 10.7. The van der Waals surface area contributed by atoms with Gasteiger partial charge in [-0.1, -0.05) is 22.9 Å². The van der Waals surface area contributed by atoms with Crippen LogP contribution in [0.1, 0.15) is 37.0 Å². The smallest absolute Gasteiger partial charge is 0.170 e. The van der Waals surface area contributed by atoms with E-state index in [0.717, 1.165) is 10.9 Å². The fourth-order valence-corrected chi connectivity index (χ4v) is 2.08. The summed E-state index contributed by atoms with van der Waals surface area (Å²) in [5.74, 6) is 0.873. The molecule has 1 aliphatic heterocycles. The first-order valence-corrected chi connectivity index (χ1v) is 5.85. The molecule has 80 valence electrons. The minimum atomic E-state index is -0.342. The van der Waals surface area contributed by atoms with E-state index in [4.69, 9.17) is 4.74 Å². The number of benzene rings is 1. The first-order chi connectivity index (χ1) is 7.04. The number of Topliss-reactive ketones (excluding diaryl/α,β-unsaturated/α-hetero) is 1. The molecule has 3 heteroatoms. The van der Waals surface area contributed by atoms with Crippen molar-refractivity contribution >= 4 is 21.7 Å². The van der Waals surface area contributed by atoms with Crippen LogP contribution >= 0.6 is 15.9 Å². The van der Waals surface area contributed by atoms with Crippen molar-refractivity contribution in [1.29, 1.82) is 0 Å². The molecule has 1 aromatic carbocycles. The molecule has 1 heterocycles. The van der Waals surface area contributed by atoms with Crippen LogP contribution in [-0.4, -0.2) is 11.4 Å². The monoisotopic (exact) mass is 268 g/mol. The number of rotatable bonds is 1. The van der Waals surface area contributed by atoms with Gasteiger partial charge < -0.3 is 4.74 Å². The SMILES string of the molecule is CCC1(C)CC(=O)c2ccc(Br)cc2O1. The van der Waals surface area contributed by atoms with Gasteiger partial charge in [-0.2, -0.15) is 0 Å². The predicted molar refractivity (Wildman–Crippen MR) is 62.4 cm³/mol. The lowest BCUT2D eigenvalue weighted by molar-refractivity contribution is 0.0499. The summed E-state index contributed by atoms with van der Waals surface area (Å²) in [5, 5.41) is 0. The number of hydrogen-bond donors (Lipinski definition) is 0. The molecule has 0 radical (unpaired) electrons. The lowest BCUT2D eigenvalue weighted by Crippen LogP contribution is -2.38. The Hall–Kier alpha value is -0.830. The van der Waals surface area contributed by atoms with Crippen LogP contribution in [0.5, 0.6) is 5.75 Å². The molecule has 2 rings (SSSR count). The quantitative estimate of drug-likeness (QED) is 0.778. The second kappa shape index (κ2) is 3.63. The highest BCUT2D eigenvalue weighted by molar-refractivity contribution is 9.10. The number of halogens is 1. The van der Waals surface area contributed by atoms with Gasteiger partial charge in [0.2, 0.25) is 0 Å². The number of carbonyl (C=O) groups is 1. The number of ketones is 1. The summed E-state index contributed by atoms with van der Waals surface area (Å²) in [6, 6.07) is 5.55. The van der Waals surface area contributed by atoms with Gasteiger partial charge in [0.1, 0.15) is 11.4 Å². The molecule has 1 aromatic rings. The Labute approximate surface area is 97.8 Å². The molecular formula is C12H13BrO2. The van der Waals surface area contributed by atoms with E-state index in [1.165, 1.54) is 0 Å². The minimum absolute atomic E-state index is 0.174. The Kier molecular flexibility index (Phi) is 2.59. The van der Waals surface area contributed by atoms with Crippen LogP contribution in [0.4, 0.5) is 0 Å². The zero-order valence-electron chi connectivity index (χ0n) is 8.84. The molecule has 0 amide bonds. The number of hydrogen-bond acceptors (Lipinski definition) is 2. The summed E-state index contributed by atoms with van der Waals surface area (Å²) in [5.41, 5.74) is 0.356. The fourth-order valence-electron chi connectivity index (χ4n) is 1.74. The third-order valence-electron chi connectivity index (χ3n) is 2.88. The summed E-state index contributed by atoms with van der Waals surface area (Å²) in [7, 11) is 0. The maximum Gasteiger partial charge on any atom is 0.170 e. The van der Waals surface area contributed by atoms with Crippen molar-refractivity contribution in [2.24, 2.45) is 0 Å². The Morgan fingerprint density at radius 1 is 1.53 bits per heavy atom. The molecule has 15 heavy (non-hydrogen) atoms. The van der Waals surface area contributed by atoms with E-state index in [1.54, 1.807) is 0 Å². The highest BCUT2D eigenvalue weighted by Gasteiger charge is 2.34. The topological polar surface area (TPSA) is 26.3 Å². The summed E-state index contributed by atoms with van der Waals surface area (Å²) >= 11 is 3.38. The first-order valence-electron chi connectivity index (χ1n) is 5.06. The molecule has 1 atom stereocenters. The number of ether oxygens (including phenoxy) is 1. The van der Waals surface area contributed by atoms with Crippen LogP contribution in [-0.2, 0) is 0 Å². The van der Waals surface area contributed by atoms with Crippen LogP contribution < -0.4 is 4.74 Å². The third kappa shape index (κ3) is 1.93. The van der Waals surface area contributed by atoms with E-state index in [9.17, 15) is 4.79 Å². The Morgan fingerprint density at radius 2 is 2.27 bits per heavy atom. The van der Waals surface area contributed by atoms with E-state index in [0.29, 0.717) is 17.7 Å². The fraction of sp³-hybridized carbons (Fsp3) is 0.417. The van der Waals surface area contributed by atoms with Crippen molar-refractivity contribution in [3.8, 4) is 5.75 Å². The summed E-state index contributed by atoms with van der Waals surface area (Å²) in [6.45, 7) is 4.02. The van der Waals surface area contributed by atoms with E-state index >= 15 is 0 Å². The molecule has 0 N–H and O–H groups in total. The summed E-state index contributed by atoms with van der Waals surface area (Å²) < 4.78 is 6.81. The average molecular weight is 269 g/mol. The van der Waals surface area contributed by atoms with E-state index < -0.39 is 0 Å². The van der Waals surface area contributed by atoms with Crippen LogP contribution in [0, 0.1) is 0 Å². The number of carbonyl (C=O) groups excluding carboxylic acids is 1. The van der Waals surface area contributed by atoms with Crippen LogP contribution in [0.15, 0.2) is 22.7 Å². The van der Waals surface area contributed by atoms with Gasteiger partial charge in [0.05, 0.1) is 12.0 Å². The van der Waals surface area contributed by atoms with E-state index in [2.05, 4.69) is 15.9 Å². The summed E-state index contributed by atoms with van der Waals surface area (Å²) in [6.07, 6.45) is 1.31. The molecule has 2 nitrogen and oxygen atoms in total. The molecular weight excluding hydrogens is 256 g/mol. The predicted octanol–water partition coefficient (Wildman–Crippen LogP) is 3.58. The van der Waals surface area contributed by atoms with Crippen LogP contribution in [0.2, 0.25) is 0 Å². The molecule has 1 unspecified atom stereocenters. The standard InChI is InChI=1S/C12H13BrO2/c1-3-12(2)7-10(14)9-5-4-8(13)6-11(9)15-12/h4-6H,3,7H2,1-2H3. The van der Waals surface area contributed by atoms with Gasteiger partial charge in [0, 0.05) is 4.47 Å². The lowest BCUT2D eigenvalue weighted by atomic mass is 9.90. The van der Waals surface area contributed by atoms with Gasteiger partial charge in [-0.25, -0.2) is 0 Å². The van der Waals surface area contributed by atoms with Crippen molar-refractivity contribution in [2.75, 3.05) is 0 Å². The van der Waals surface area contributed by atoms with Crippen molar-refractivity contribution in [1.82, 2.24) is 0 Å². The van der Waals surface area contributed by atoms with Crippen LogP contribution in [0.25, 0.3) is 0 Å². The van der Waals surface area contributed by atoms with Crippen molar-refractivity contribution in [3.05, 3.63) is 28.2 Å². The molecule has 0 fully saturated rings. The Balaban J connectivity index is 2.46. The van der Waals surface area contributed by atoms with Crippen molar-refractivity contribution in [3.63, 3.8) is 0 Å². The normalized spacial score (nSPS) is 24.6. The zero-order valence-corrected chi connectivity index (χ0v) is 10.4. The molecule has 0 saturated carbocycles. The van der Waals surface area contributed by atoms with Gasteiger partial charge in [-0.15, -0.1) is 0 Å². The zero-order chi connectivity index (χ0) is 11.1. The van der Waals surface area contributed by atoms with Gasteiger partial charge in [0.25, 0.3) is 0 Å². The van der Waals surface area contributed by atoms with Gasteiger partial charge in [-0.3, -0.25) is 4.79 Å². The largest absolute Gasteiger partial charge is 0.486 e. The maximum atomic E-state index is 11.9. The maximum absolute atomic E-state index is 11.9. The average Bonchev–Trinajstić information content (AvgIpc) is 2.16. The summed E-state index contributed by atoms with van der Waals surface area (Å²) in [4.78, 5) is 11.9. The van der Waals surface area contributed by atoms with Gasteiger partial charge >= 0.3 is 0 Å². The minimum Gasteiger partial charge on any atom is -0.486 e. The lowest BCUT2D eigenvalue weighted by Gasteiger charge is -2.34. The molecule has 0 aliphatic carbocycles. The molecule has 0 bridgehead atoms. The molecule has 0 spiro atoms. The third-order valence-corrected chi connectivity index (χ3v) is 3.38. The Bertz CT molecular complexity index is 414. The number of fused-ring (bicyclic) bond motifs is 1. The Morgan fingerprint density at radius 3 is 2.93 bits per heavy atom. The van der Waals surface area contributed by atoms with Gasteiger partial charge in [0.15, 0.2) is 5.78 Å². The second-order valence-corrected chi connectivity index (χ2v) is 5.06. The highest BCUT2D eigenvalue weighted by atomic mass is 79.9. The molecule has 0 aromatic heterocycles. The van der Waals surface area contributed by atoms with Gasteiger partial charge in [-0.05, 0) is 31.5 Å². The van der Waals surface area contributed by atoms with Crippen molar-refractivity contribution < 1.29 is 9.53 Å². The van der Waals surface area contributed by atoms with E-state index in [-0.39, 0.29) is 11.4 Å². The molecule has 1 aliphatic rings. The van der Waals surface area contributed by atoms with E-state index in [1.807, 2.05) is 32.0 Å². The van der Waals surface area contributed by atoms with Crippen molar-refractivity contribution in [2.45, 2.75) is 32.3 Å². The van der Waals surface area contributed by atoms with Crippen LogP contribution in [0.3, 0.4) is 0 Å². The highest BCUT2D eigenvalue weighted by Crippen LogP contribution is 2.36. The second-order valence-electron chi connectivity index (χ2n) is 4.15.